The van der Waals surface area contributed by atoms with E-state index in [0.717, 1.165) is 22.1 Å². The molecule has 0 amide bonds. The minimum Gasteiger partial charge on any atom is -0.497 e. The van der Waals surface area contributed by atoms with E-state index >= 15 is 0 Å². The van der Waals surface area contributed by atoms with Crippen molar-refractivity contribution in [2.45, 2.75) is 0 Å². The van der Waals surface area contributed by atoms with Gasteiger partial charge in [0, 0.05) is 0 Å². The lowest BCUT2D eigenvalue weighted by Crippen LogP contribution is -2.11. The number of hydrogen-bond acceptors (Lipinski definition) is 2. The van der Waals surface area contributed by atoms with Gasteiger partial charge in [0.1, 0.15) is 19.1 Å². The van der Waals surface area contributed by atoms with Crippen LogP contribution in [0, 0.1) is 0 Å². The summed E-state index contributed by atoms with van der Waals surface area (Å²) in [6.07, 6.45) is 0. The molecule has 0 unspecified atom stereocenters. The van der Waals surface area contributed by atoms with Gasteiger partial charge in [-0.1, -0.05) is 32.1 Å². The highest BCUT2D eigenvalue weighted by Gasteiger charge is 2.07. The van der Waals surface area contributed by atoms with E-state index in [0.29, 0.717) is 0 Å². The summed E-state index contributed by atoms with van der Waals surface area (Å²) in [5, 5.41) is 2.24. The third-order valence-electron chi connectivity index (χ3n) is 2.70. The number of ether oxygens (including phenoxy) is 2. The fourth-order valence-electron chi connectivity index (χ4n) is 1.63. The minimum absolute atomic E-state index is 0.817. The lowest BCUT2D eigenvalue weighted by atomic mass is 10.3. The standard InChI is InChI=1S/C14H14BO2P/c1-16-11-3-7-13(8-4-11)18(15)14-9-5-12(17-2)6-10-14/h3-10H,1-2H3. The fraction of sp³-hybridized carbons (Fsp3) is 0.143. The maximum atomic E-state index is 6.28. The molecule has 0 bridgehead atoms. The maximum Gasteiger partial charge on any atom is 0.121 e. The van der Waals surface area contributed by atoms with Gasteiger partial charge in [0.05, 0.1) is 14.2 Å². The predicted octanol–water partition coefficient (Wildman–Crippen LogP) is 2.22. The average molecular weight is 256 g/mol. The van der Waals surface area contributed by atoms with E-state index in [-0.39, 0.29) is 0 Å². The summed E-state index contributed by atoms with van der Waals surface area (Å²) in [5.41, 5.74) is 0. The van der Waals surface area contributed by atoms with Gasteiger partial charge in [-0.15, -0.1) is 0 Å². The molecule has 0 aliphatic carbocycles. The molecule has 0 aromatic heterocycles. The molecule has 4 heteroatoms. The Morgan fingerprint density at radius 3 is 1.33 bits per heavy atom. The van der Waals surface area contributed by atoms with Gasteiger partial charge in [0.25, 0.3) is 0 Å². The minimum atomic E-state index is -0.817. The second-order valence-electron chi connectivity index (χ2n) is 3.77. The molecule has 0 heterocycles. The van der Waals surface area contributed by atoms with Crippen molar-refractivity contribution in [3.8, 4) is 11.5 Å². The van der Waals surface area contributed by atoms with E-state index < -0.39 is 7.80 Å². The molecular weight excluding hydrogens is 242 g/mol. The smallest absolute Gasteiger partial charge is 0.121 e. The Balaban J connectivity index is 2.20. The first-order chi connectivity index (χ1) is 8.74. The van der Waals surface area contributed by atoms with Crippen LogP contribution >= 0.6 is 7.80 Å². The quantitative estimate of drug-likeness (QED) is 0.616. The van der Waals surface area contributed by atoms with Crippen molar-refractivity contribution >= 4 is 26.0 Å². The van der Waals surface area contributed by atoms with E-state index in [9.17, 15) is 0 Å². The summed E-state index contributed by atoms with van der Waals surface area (Å²) in [4.78, 5) is 0. The molecule has 2 rings (SSSR count). The van der Waals surface area contributed by atoms with E-state index in [4.69, 9.17) is 17.0 Å². The molecule has 0 saturated carbocycles. The van der Waals surface area contributed by atoms with Gasteiger partial charge >= 0.3 is 0 Å². The van der Waals surface area contributed by atoms with Crippen molar-refractivity contribution in [2.24, 2.45) is 0 Å². The van der Waals surface area contributed by atoms with Crippen LogP contribution in [0.2, 0.25) is 0 Å². The molecule has 0 N–H and O–H groups in total. The van der Waals surface area contributed by atoms with E-state index in [1.807, 2.05) is 48.5 Å². The number of benzene rings is 2. The van der Waals surface area contributed by atoms with E-state index in [1.165, 1.54) is 0 Å². The first-order valence-electron chi connectivity index (χ1n) is 5.57. The Morgan fingerprint density at radius 1 is 0.722 bits per heavy atom. The van der Waals surface area contributed by atoms with Crippen LogP contribution in [-0.2, 0) is 0 Å². The first-order valence-corrected chi connectivity index (χ1v) is 6.98. The van der Waals surface area contributed by atoms with Crippen LogP contribution in [0.5, 0.6) is 11.5 Å². The fourth-order valence-corrected chi connectivity index (χ4v) is 2.87. The van der Waals surface area contributed by atoms with Gasteiger partial charge in [-0.3, -0.25) is 0 Å². The Kier molecular flexibility index (Phi) is 4.27. The SMILES string of the molecule is [B]P(c1ccc(OC)cc1)c1ccc(OC)cc1. The van der Waals surface area contributed by atoms with Crippen molar-refractivity contribution in [1.82, 2.24) is 0 Å². The molecule has 0 atom stereocenters. The van der Waals surface area contributed by atoms with Crippen LogP contribution in [0.25, 0.3) is 0 Å². The largest absolute Gasteiger partial charge is 0.497 e. The summed E-state index contributed by atoms with van der Waals surface area (Å²) in [5.74, 6) is 1.69. The Bertz CT molecular complexity index is 449. The molecule has 18 heavy (non-hydrogen) atoms. The third-order valence-corrected chi connectivity index (χ3v) is 4.41. The monoisotopic (exact) mass is 256 g/mol. The average Bonchev–Trinajstić information content (AvgIpc) is 2.47. The zero-order valence-corrected chi connectivity index (χ0v) is 11.4. The number of rotatable bonds is 4. The van der Waals surface area contributed by atoms with E-state index in [2.05, 4.69) is 0 Å². The topological polar surface area (TPSA) is 18.5 Å². The highest BCUT2D eigenvalue weighted by atomic mass is 31.1. The van der Waals surface area contributed by atoms with Crippen LogP contribution in [0.1, 0.15) is 0 Å². The van der Waals surface area contributed by atoms with Gasteiger partial charge in [0.2, 0.25) is 0 Å². The zero-order valence-electron chi connectivity index (χ0n) is 10.5. The summed E-state index contributed by atoms with van der Waals surface area (Å²) < 4.78 is 10.3. The number of hydrogen-bond donors (Lipinski definition) is 0. The van der Waals surface area contributed by atoms with Crippen molar-refractivity contribution in [3.63, 3.8) is 0 Å². The second-order valence-corrected chi connectivity index (χ2v) is 5.54. The molecule has 0 aliphatic rings. The highest BCUT2D eigenvalue weighted by Crippen LogP contribution is 2.28. The van der Waals surface area contributed by atoms with Crippen LogP contribution in [0.15, 0.2) is 48.5 Å². The molecule has 90 valence electrons. The third kappa shape index (κ3) is 2.86. The van der Waals surface area contributed by atoms with Crippen LogP contribution in [0.3, 0.4) is 0 Å². The first kappa shape index (κ1) is 13.0. The van der Waals surface area contributed by atoms with Crippen molar-refractivity contribution in [2.75, 3.05) is 14.2 Å². The lowest BCUT2D eigenvalue weighted by Gasteiger charge is -2.14. The predicted molar refractivity (Wildman–Crippen MR) is 77.9 cm³/mol. The van der Waals surface area contributed by atoms with Crippen LogP contribution in [-0.4, -0.2) is 21.8 Å². The summed E-state index contributed by atoms with van der Waals surface area (Å²) in [7, 11) is 8.78. The van der Waals surface area contributed by atoms with E-state index in [1.54, 1.807) is 14.2 Å². The van der Waals surface area contributed by atoms with Crippen LogP contribution < -0.4 is 20.1 Å². The Hall–Kier alpha value is -1.47. The molecule has 0 aliphatic heterocycles. The van der Waals surface area contributed by atoms with Gasteiger partial charge in [-0.25, -0.2) is 0 Å². The normalized spacial score (nSPS) is 10.4. The molecule has 2 aromatic carbocycles. The molecule has 2 aromatic rings. The second kappa shape index (κ2) is 5.93. The summed E-state index contributed by atoms with van der Waals surface area (Å²) in [6.45, 7) is 0. The van der Waals surface area contributed by atoms with Gasteiger partial charge in [0.15, 0.2) is 0 Å². The van der Waals surface area contributed by atoms with Crippen molar-refractivity contribution < 1.29 is 9.47 Å². The summed E-state index contributed by atoms with van der Waals surface area (Å²) in [6, 6.07) is 15.8. The Labute approximate surface area is 110 Å². The maximum absolute atomic E-state index is 6.28. The van der Waals surface area contributed by atoms with Gasteiger partial charge in [-0.2, -0.15) is 0 Å². The van der Waals surface area contributed by atoms with Crippen molar-refractivity contribution in [3.05, 3.63) is 48.5 Å². The molecule has 0 spiro atoms. The highest BCUT2D eigenvalue weighted by molar-refractivity contribution is 7.94. The lowest BCUT2D eigenvalue weighted by molar-refractivity contribution is 0.415. The summed E-state index contributed by atoms with van der Waals surface area (Å²) >= 11 is 0. The molecule has 2 radical (unpaired) electrons. The number of methoxy groups -OCH3 is 2. The molecule has 0 fully saturated rings. The zero-order chi connectivity index (χ0) is 13.0. The van der Waals surface area contributed by atoms with Gasteiger partial charge < -0.3 is 9.47 Å². The van der Waals surface area contributed by atoms with Crippen molar-refractivity contribution in [1.29, 1.82) is 0 Å². The van der Waals surface area contributed by atoms with Gasteiger partial charge in [-0.05, 0) is 34.9 Å². The molecule has 0 saturated heterocycles. The Morgan fingerprint density at radius 2 is 1.06 bits per heavy atom. The molecular formula is C14H14BO2P. The molecule has 2 nitrogen and oxygen atoms in total. The van der Waals surface area contributed by atoms with Crippen LogP contribution in [0.4, 0.5) is 0 Å².